The number of hydrogen-bond acceptors (Lipinski definition) is 3. The monoisotopic (exact) mass is 995 g/mol. The minimum absolute atomic E-state index is 0.828. The van der Waals surface area contributed by atoms with Crippen molar-refractivity contribution in [3.63, 3.8) is 0 Å². The van der Waals surface area contributed by atoms with E-state index in [1.54, 1.807) is 0 Å². The Hall–Kier alpha value is -10.4. The Morgan fingerprint density at radius 2 is 0.705 bits per heavy atom. The van der Waals surface area contributed by atoms with Crippen molar-refractivity contribution in [2.24, 2.45) is 0 Å². The summed E-state index contributed by atoms with van der Waals surface area (Å²) in [4.78, 5) is 4.83. The summed E-state index contributed by atoms with van der Waals surface area (Å²) in [5.74, 6) is 0. The highest BCUT2D eigenvalue weighted by molar-refractivity contribution is 6.15. The van der Waals surface area contributed by atoms with Crippen molar-refractivity contribution in [3.05, 3.63) is 297 Å². The number of hydrogen-bond donors (Lipinski definition) is 0. The Labute approximate surface area is 452 Å². The summed E-state index contributed by atoms with van der Waals surface area (Å²) in [6.45, 7) is 0. The summed E-state index contributed by atoms with van der Waals surface area (Å²) in [5.41, 5.74) is 18.0. The van der Waals surface area contributed by atoms with E-state index in [-0.39, 0.29) is 0 Å². The second kappa shape index (κ2) is 18.7. The molecule has 15 aromatic rings. The van der Waals surface area contributed by atoms with Crippen LogP contribution < -0.4 is 9.80 Å². The van der Waals surface area contributed by atoms with Crippen molar-refractivity contribution < 1.29 is 4.42 Å². The van der Waals surface area contributed by atoms with Crippen molar-refractivity contribution in [2.45, 2.75) is 0 Å². The van der Waals surface area contributed by atoms with Crippen molar-refractivity contribution in [2.75, 3.05) is 9.80 Å². The molecule has 0 N–H and O–H groups in total. The number of benzene rings is 13. The predicted octanol–water partition coefficient (Wildman–Crippen LogP) is 20.9. The highest BCUT2D eigenvalue weighted by atomic mass is 16.3. The van der Waals surface area contributed by atoms with E-state index in [0.29, 0.717) is 0 Å². The highest BCUT2D eigenvalue weighted by Crippen LogP contribution is 2.48. The van der Waals surface area contributed by atoms with Gasteiger partial charge in [-0.3, -0.25) is 0 Å². The molecule has 4 heteroatoms. The number of rotatable bonds is 10. The minimum atomic E-state index is 0.828. The smallest absolute Gasteiger partial charge is 0.137 e. The SMILES string of the molecule is c1ccc(-c2ccc(N(c3ccc(-c4ccccc4)cc3)c3cc(-c4cc5ccccc5c5ccccc45)cc(N(c4ccc5c(c4)oc4ccccc45)c4ccc5c6ccccc6n(-c6ccccc6)c5c4)c3)cc2)cc1. The number of para-hydroxylation sites is 3. The first-order chi connectivity index (χ1) is 38.7. The predicted molar refractivity (Wildman–Crippen MR) is 329 cm³/mol. The molecule has 0 saturated heterocycles. The number of anilines is 6. The molecule has 0 aliphatic carbocycles. The van der Waals surface area contributed by atoms with Gasteiger partial charge in [-0.25, -0.2) is 0 Å². The van der Waals surface area contributed by atoms with E-state index in [1.165, 1.54) is 43.4 Å². The van der Waals surface area contributed by atoms with Crippen LogP contribution in [0.2, 0.25) is 0 Å². The topological polar surface area (TPSA) is 24.6 Å². The van der Waals surface area contributed by atoms with E-state index < -0.39 is 0 Å². The highest BCUT2D eigenvalue weighted by Gasteiger charge is 2.24. The molecule has 0 spiro atoms. The number of nitrogens with zero attached hydrogens (tertiary/aromatic N) is 3. The molecular formula is C74H49N3O. The van der Waals surface area contributed by atoms with Crippen LogP contribution in [0.1, 0.15) is 0 Å². The fraction of sp³-hybridized carbons (Fsp3) is 0. The Balaban J connectivity index is 1.02. The average Bonchev–Trinajstić information content (AvgIpc) is 4.10. The Morgan fingerprint density at radius 1 is 0.244 bits per heavy atom. The summed E-state index contributed by atoms with van der Waals surface area (Å²) < 4.78 is 9.11. The zero-order valence-corrected chi connectivity index (χ0v) is 42.5. The maximum Gasteiger partial charge on any atom is 0.137 e. The normalized spacial score (nSPS) is 11.6. The molecule has 0 fully saturated rings. The van der Waals surface area contributed by atoms with Gasteiger partial charge in [-0.05, 0) is 152 Å². The van der Waals surface area contributed by atoms with E-state index in [4.69, 9.17) is 4.42 Å². The van der Waals surface area contributed by atoms with E-state index in [0.717, 1.165) is 95.0 Å². The van der Waals surface area contributed by atoms with Crippen LogP contribution in [-0.4, -0.2) is 4.57 Å². The van der Waals surface area contributed by atoms with Crippen LogP contribution in [-0.2, 0) is 0 Å². The van der Waals surface area contributed by atoms with Gasteiger partial charge in [0, 0.05) is 67.4 Å². The fourth-order valence-electron chi connectivity index (χ4n) is 11.9. The van der Waals surface area contributed by atoms with Crippen molar-refractivity contribution in [1.29, 1.82) is 0 Å². The molecule has 13 aromatic carbocycles. The molecule has 0 saturated carbocycles. The molecule has 0 aliphatic rings. The lowest BCUT2D eigenvalue weighted by Crippen LogP contribution is -2.14. The van der Waals surface area contributed by atoms with Crippen LogP contribution in [0, 0.1) is 0 Å². The van der Waals surface area contributed by atoms with Crippen molar-refractivity contribution >= 4 is 99.4 Å². The summed E-state index contributed by atoms with van der Waals surface area (Å²) in [5, 5.41) is 9.39. The molecule has 0 atom stereocenters. The maximum atomic E-state index is 6.71. The lowest BCUT2D eigenvalue weighted by molar-refractivity contribution is 0.669. The summed E-state index contributed by atoms with van der Waals surface area (Å²) in [6, 6.07) is 108. The van der Waals surface area contributed by atoms with E-state index in [2.05, 4.69) is 306 Å². The summed E-state index contributed by atoms with van der Waals surface area (Å²) in [7, 11) is 0. The standard InChI is InChI=1S/C74H49N3O/c1-4-18-50(19-5-1)52-32-36-57(37-33-52)75(58-38-34-53(35-39-58)51-20-6-2-7-21-51)61-44-55(70-46-54-22-10-11-25-63(54)64-26-12-13-27-65(64)70)45-62(47-61)76(60-41-43-69-68-29-15-17-31-73(68)78-74(69)49-60)59-40-42-67-66-28-14-16-30-71(66)77(72(67)48-59)56-23-8-3-9-24-56/h1-49H. The summed E-state index contributed by atoms with van der Waals surface area (Å²) in [6.07, 6.45) is 0. The van der Waals surface area contributed by atoms with Gasteiger partial charge in [-0.15, -0.1) is 0 Å². The summed E-state index contributed by atoms with van der Waals surface area (Å²) >= 11 is 0. The molecule has 78 heavy (non-hydrogen) atoms. The van der Waals surface area contributed by atoms with Crippen LogP contribution in [0.4, 0.5) is 34.1 Å². The average molecular weight is 996 g/mol. The molecule has 0 aliphatic heterocycles. The first-order valence-corrected chi connectivity index (χ1v) is 26.6. The molecular weight excluding hydrogens is 947 g/mol. The van der Waals surface area contributed by atoms with E-state index >= 15 is 0 Å². The quantitative estimate of drug-likeness (QED) is 0.128. The third kappa shape index (κ3) is 7.77. The number of aromatic nitrogens is 1. The first kappa shape index (κ1) is 45.0. The number of furan rings is 1. The third-order valence-electron chi connectivity index (χ3n) is 15.5. The van der Waals surface area contributed by atoms with Gasteiger partial charge in [0.1, 0.15) is 11.2 Å². The second-order valence-electron chi connectivity index (χ2n) is 20.1. The van der Waals surface area contributed by atoms with Gasteiger partial charge in [0.05, 0.1) is 11.0 Å². The molecule has 366 valence electrons. The third-order valence-corrected chi connectivity index (χ3v) is 15.5. The van der Waals surface area contributed by atoms with Crippen LogP contribution in [0.25, 0.3) is 104 Å². The number of fused-ring (bicyclic) bond motifs is 9. The van der Waals surface area contributed by atoms with Gasteiger partial charge >= 0.3 is 0 Å². The van der Waals surface area contributed by atoms with Crippen LogP contribution in [0.3, 0.4) is 0 Å². The fourth-order valence-corrected chi connectivity index (χ4v) is 11.9. The molecule has 0 amide bonds. The maximum absolute atomic E-state index is 6.71. The van der Waals surface area contributed by atoms with E-state index in [1.807, 2.05) is 6.07 Å². The van der Waals surface area contributed by atoms with Crippen LogP contribution >= 0.6 is 0 Å². The van der Waals surface area contributed by atoms with E-state index in [9.17, 15) is 0 Å². The molecule has 0 radical (unpaired) electrons. The molecule has 0 unspecified atom stereocenters. The lowest BCUT2D eigenvalue weighted by Gasteiger charge is -2.31. The van der Waals surface area contributed by atoms with Gasteiger partial charge in [0.2, 0.25) is 0 Å². The van der Waals surface area contributed by atoms with Gasteiger partial charge in [-0.1, -0.05) is 194 Å². The van der Waals surface area contributed by atoms with Gasteiger partial charge in [0.25, 0.3) is 0 Å². The first-order valence-electron chi connectivity index (χ1n) is 26.6. The van der Waals surface area contributed by atoms with Crippen molar-refractivity contribution in [3.8, 4) is 39.1 Å². The molecule has 2 aromatic heterocycles. The zero-order valence-electron chi connectivity index (χ0n) is 42.5. The van der Waals surface area contributed by atoms with Crippen LogP contribution in [0.15, 0.2) is 302 Å². The Bertz CT molecular complexity index is 4630. The largest absolute Gasteiger partial charge is 0.456 e. The van der Waals surface area contributed by atoms with Gasteiger partial charge < -0.3 is 18.8 Å². The van der Waals surface area contributed by atoms with Crippen LogP contribution in [0.5, 0.6) is 0 Å². The zero-order chi connectivity index (χ0) is 51.5. The Kier molecular flexibility index (Phi) is 10.8. The van der Waals surface area contributed by atoms with Gasteiger partial charge in [0.15, 0.2) is 0 Å². The second-order valence-corrected chi connectivity index (χ2v) is 20.1. The molecule has 15 rings (SSSR count). The Morgan fingerprint density at radius 3 is 1.37 bits per heavy atom. The molecule has 4 nitrogen and oxygen atoms in total. The van der Waals surface area contributed by atoms with Gasteiger partial charge in [-0.2, -0.15) is 0 Å². The molecule has 2 heterocycles. The van der Waals surface area contributed by atoms with Crippen molar-refractivity contribution in [1.82, 2.24) is 4.57 Å². The molecule has 0 bridgehead atoms. The lowest BCUT2D eigenvalue weighted by atomic mass is 9.92. The minimum Gasteiger partial charge on any atom is -0.456 e.